The Hall–Kier alpha value is -2.30. The Bertz CT molecular complexity index is 687. The number of nitrogens with zero attached hydrogens (tertiary/aromatic N) is 2. The van der Waals surface area contributed by atoms with Gasteiger partial charge in [-0.1, -0.05) is 25.0 Å². The van der Waals surface area contributed by atoms with Gasteiger partial charge in [0.25, 0.3) is 5.91 Å². The lowest BCUT2D eigenvalue weighted by molar-refractivity contribution is 0.0930. The minimum absolute atomic E-state index is 0.0950. The summed E-state index contributed by atoms with van der Waals surface area (Å²) in [6.07, 6.45) is 6.31. The molecule has 0 aliphatic heterocycles. The van der Waals surface area contributed by atoms with E-state index < -0.39 is 0 Å². The number of aryl methyl sites for hydroxylation is 2. The van der Waals surface area contributed by atoms with E-state index in [-0.39, 0.29) is 5.91 Å². The number of carbonyl (C=O) groups is 1. The van der Waals surface area contributed by atoms with Gasteiger partial charge in [0.2, 0.25) is 0 Å². The van der Waals surface area contributed by atoms with Crippen molar-refractivity contribution in [3.05, 3.63) is 47.3 Å². The zero-order chi connectivity index (χ0) is 16.2. The molecule has 1 N–H and O–H groups in total. The summed E-state index contributed by atoms with van der Waals surface area (Å²) in [6, 6.07) is 8.14. The van der Waals surface area contributed by atoms with Crippen LogP contribution in [0.1, 0.15) is 47.3 Å². The van der Waals surface area contributed by atoms with Crippen LogP contribution in [-0.2, 0) is 6.73 Å². The van der Waals surface area contributed by atoms with Gasteiger partial charge in [-0.05, 0) is 49.9 Å². The summed E-state index contributed by atoms with van der Waals surface area (Å²) in [5.41, 5.74) is 2.69. The molecule has 5 nitrogen and oxygen atoms in total. The maximum Gasteiger partial charge on any atom is 0.271 e. The summed E-state index contributed by atoms with van der Waals surface area (Å²) >= 11 is 0. The lowest BCUT2D eigenvalue weighted by atomic mass is 10.1. The molecule has 3 rings (SSSR count). The molecule has 0 unspecified atom stereocenters. The molecule has 0 saturated heterocycles. The van der Waals surface area contributed by atoms with E-state index in [4.69, 9.17) is 4.74 Å². The van der Waals surface area contributed by atoms with Gasteiger partial charge in [-0.3, -0.25) is 4.79 Å². The first-order chi connectivity index (χ1) is 11.1. The topological polar surface area (TPSA) is 56.1 Å². The average molecular weight is 313 g/mol. The third kappa shape index (κ3) is 3.92. The van der Waals surface area contributed by atoms with Crippen LogP contribution in [0.3, 0.4) is 0 Å². The molecule has 1 aromatic heterocycles. The summed E-state index contributed by atoms with van der Waals surface area (Å²) in [7, 11) is 0. The van der Waals surface area contributed by atoms with E-state index in [0.29, 0.717) is 18.5 Å². The first-order valence-corrected chi connectivity index (χ1v) is 8.16. The molecule has 1 heterocycles. The van der Waals surface area contributed by atoms with Crippen molar-refractivity contribution in [3.63, 3.8) is 0 Å². The Morgan fingerprint density at radius 1 is 1.30 bits per heavy atom. The molecule has 122 valence electrons. The summed E-state index contributed by atoms with van der Waals surface area (Å²) < 4.78 is 7.44. The number of hydrogen-bond acceptors (Lipinski definition) is 3. The predicted molar refractivity (Wildman–Crippen MR) is 88.5 cm³/mol. The first kappa shape index (κ1) is 15.6. The van der Waals surface area contributed by atoms with E-state index in [1.807, 2.05) is 26.0 Å². The number of rotatable bonds is 5. The van der Waals surface area contributed by atoms with Crippen LogP contribution in [0.5, 0.6) is 5.75 Å². The molecular formula is C18H23N3O2. The summed E-state index contributed by atoms with van der Waals surface area (Å²) in [5.74, 6) is 0.750. The molecule has 1 saturated carbocycles. The van der Waals surface area contributed by atoms with Crippen molar-refractivity contribution in [2.24, 2.45) is 0 Å². The van der Waals surface area contributed by atoms with Crippen molar-refractivity contribution in [3.8, 4) is 5.75 Å². The van der Waals surface area contributed by atoms with Crippen molar-refractivity contribution >= 4 is 5.91 Å². The maximum atomic E-state index is 12.2. The third-order valence-electron chi connectivity index (χ3n) is 4.26. The molecule has 1 aliphatic carbocycles. The number of amides is 1. The lowest BCUT2D eigenvalue weighted by Gasteiger charge is -2.11. The fraction of sp³-hybridized carbons (Fsp3) is 0.444. The van der Waals surface area contributed by atoms with E-state index in [9.17, 15) is 4.79 Å². The van der Waals surface area contributed by atoms with Gasteiger partial charge < -0.3 is 10.1 Å². The molecule has 5 heteroatoms. The van der Waals surface area contributed by atoms with Gasteiger partial charge in [0, 0.05) is 12.2 Å². The lowest BCUT2D eigenvalue weighted by Crippen LogP contribution is -2.32. The molecule has 23 heavy (non-hydrogen) atoms. The zero-order valence-corrected chi connectivity index (χ0v) is 13.7. The number of hydrogen-bond donors (Lipinski definition) is 1. The number of carbonyl (C=O) groups excluding carboxylic acids is 1. The molecule has 0 spiro atoms. The quantitative estimate of drug-likeness (QED) is 0.922. The summed E-state index contributed by atoms with van der Waals surface area (Å²) in [6.45, 7) is 4.34. The van der Waals surface area contributed by atoms with Crippen molar-refractivity contribution < 1.29 is 9.53 Å². The van der Waals surface area contributed by atoms with Crippen molar-refractivity contribution in [1.29, 1.82) is 0 Å². The number of ether oxygens (including phenoxy) is 1. The van der Waals surface area contributed by atoms with Crippen molar-refractivity contribution in [2.45, 2.75) is 52.3 Å². The van der Waals surface area contributed by atoms with Gasteiger partial charge in [-0.25, -0.2) is 4.68 Å². The predicted octanol–water partition coefficient (Wildman–Crippen LogP) is 3.21. The van der Waals surface area contributed by atoms with E-state index in [1.165, 1.54) is 12.8 Å². The highest BCUT2D eigenvalue weighted by molar-refractivity contribution is 5.92. The Balaban J connectivity index is 1.58. The van der Waals surface area contributed by atoms with E-state index >= 15 is 0 Å². The second-order valence-corrected chi connectivity index (χ2v) is 6.24. The molecule has 1 fully saturated rings. The van der Waals surface area contributed by atoms with Crippen LogP contribution >= 0.6 is 0 Å². The summed E-state index contributed by atoms with van der Waals surface area (Å²) in [5, 5.41) is 7.34. The minimum atomic E-state index is -0.0950. The van der Waals surface area contributed by atoms with Crippen LogP contribution in [0.2, 0.25) is 0 Å². The maximum absolute atomic E-state index is 12.2. The van der Waals surface area contributed by atoms with Crippen LogP contribution in [0.15, 0.2) is 30.5 Å². The third-order valence-corrected chi connectivity index (χ3v) is 4.26. The van der Waals surface area contributed by atoms with Crippen LogP contribution < -0.4 is 10.1 Å². The van der Waals surface area contributed by atoms with Crippen molar-refractivity contribution in [2.75, 3.05) is 0 Å². The molecule has 0 atom stereocenters. The molecule has 1 aliphatic rings. The van der Waals surface area contributed by atoms with E-state index in [1.54, 1.807) is 16.9 Å². The highest BCUT2D eigenvalue weighted by Crippen LogP contribution is 2.20. The smallest absolute Gasteiger partial charge is 0.271 e. The van der Waals surface area contributed by atoms with Crippen LogP contribution in [-0.4, -0.2) is 21.7 Å². The van der Waals surface area contributed by atoms with Gasteiger partial charge in [-0.15, -0.1) is 0 Å². The highest BCUT2D eigenvalue weighted by Gasteiger charge is 2.19. The zero-order valence-electron chi connectivity index (χ0n) is 13.7. The monoisotopic (exact) mass is 313 g/mol. The number of aromatic nitrogens is 2. The number of nitrogens with one attached hydrogen (secondary N) is 1. The van der Waals surface area contributed by atoms with Gasteiger partial charge in [-0.2, -0.15) is 5.10 Å². The second-order valence-electron chi connectivity index (χ2n) is 6.24. The van der Waals surface area contributed by atoms with Gasteiger partial charge in [0.05, 0.1) is 0 Å². The Kier molecular flexibility index (Phi) is 4.65. The first-order valence-electron chi connectivity index (χ1n) is 8.16. The summed E-state index contributed by atoms with van der Waals surface area (Å²) in [4.78, 5) is 12.2. The minimum Gasteiger partial charge on any atom is -0.471 e. The fourth-order valence-corrected chi connectivity index (χ4v) is 2.88. The highest BCUT2D eigenvalue weighted by atomic mass is 16.5. The van der Waals surface area contributed by atoms with E-state index in [0.717, 1.165) is 29.7 Å². The molecule has 1 aromatic carbocycles. The molecule has 1 amide bonds. The van der Waals surface area contributed by atoms with Crippen LogP contribution in [0.4, 0.5) is 0 Å². The van der Waals surface area contributed by atoms with E-state index in [2.05, 4.69) is 16.5 Å². The molecular weight excluding hydrogens is 290 g/mol. The largest absolute Gasteiger partial charge is 0.471 e. The van der Waals surface area contributed by atoms with Crippen molar-refractivity contribution in [1.82, 2.24) is 15.1 Å². The van der Waals surface area contributed by atoms with Crippen LogP contribution in [0, 0.1) is 13.8 Å². The Morgan fingerprint density at radius 3 is 2.87 bits per heavy atom. The standard InChI is InChI=1S/C18H23N3O2/c1-13-7-8-14(2)17(11-13)23-12-21-10-9-16(20-21)18(22)19-15-5-3-4-6-15/h7-11,15H,3-6,12H2,1-2H3,(H,19,22). The van der Waals surface area contributed by atoms with Crippen LogP contribution in [0.25, 0.3) is 0 Å². The van der Waals surface area contributed by atoms with Gasteiger partial charge >= 0.3 is 0 Å². The number of benzene rings is 1. The Morgan fingerprint density at radius 2 is 2.09 bits per heavy atom. The molecule has 0 bridgehead atoms. The fourth-order valence-electron chi connectivity index (χ4n) is 2.88. The Labute approximate surface area is 136 Å². The SMILES string of the molecule is Cc1ccc(C)c(OCn2ccc(C(=O)NC3CCCC3)n2)c1. The molecule has 2 aromatic rings. The molecule has 0 radical (unpaired) electrons. The van der Waals surface area contributed by atoms with Gasteiger partial charge in [0.1, 0.15) is 11.4 Å². The average Bonchev–Trinajstić information content (AvgIpc) is 3.19. The normalized spacial score (nSPS) is 14.9. The second kappa shape index (κ2) is 6.86. The van der Waals surface area contributed by atoms with Gasteiger partial charge in [0.15, 0.2) is 6.73 Å².